The number of esters is 1. The van der Waals surface area contributed by atoms with Crippen molar-refractivity contribution in [2.75, 3.05) is 0 Å². The number of ketones is 1. The first kappa shape index (κ1) is 15.2. The highest BCUT2D eigenvalue weighted by atomic mass is 19.1. The van der Waals surface area contributed by atoms with Gasteiger partial charge >= 0.3 is 5.97 Å². The van der Waals surface area contributed by atoms with Crippen LogP contribution in [0.25, 0.3) is 0 Å². The van der Waals surface area contributed by atoms with Gasteiger partial charge in [0.05, 0.1) is 5.92 Å². The third-order valence-corrected chi connectivity index (χ3v) is 5.06. The molecule has 1 aromatic carbocycles. The lowest BCUT2D eigenvalue weighted by atomic mass is 9.76. The van der Waals surface area contributed by atoms with Crippen molar-refractivity contribution in [3.8, 4) is 5.75 Å². The Bertz CT molecular complexity index is 566. The van der Waals surface area contributed by atoms with Crippen LogP contribution in [0.5, 0.6) is 5.75 Å². The third kappa shape index (κ3) is 3.21. The fourth-order valence-corrected chi connectivity index (χ4v) is 3.22. The van der Waals surface area contributed by atoms with E-state index in [9.17, 15) is 14.0 Å². The number of carbonyl (C=O) groups excluding carboxylic acids is 2. The van der Waals surface area contributed by atoms with Crippen LogP contribution in [-0.4, -0.2) is 11.8 Å². The highest BCUT2D eigenvalue weighted by molar-refractivity contribution is 5.89. The highest BCUT2D eigenvalue weighted by Crippen LogP contribution is 2.49. The summed E-state index contributed by atoms with van der Waals surface area (Å²) >= 11 is 0. The third-order valence-electron chi connectivity index (χ3n) is 5.06. The minimum absolute atomic E-state index is 0.0773. The van der Waals surface area contributed by atoms with Gasteiger partial charge < -0.3 is 4.74 Å². The SMILES string of the molecule is CC1(C(=O)C2CCC(C(=O)Oc3ccc(F)cc3)CC2)CC1. The van der Waals surface area contributed by atoms with E-state index in [1.807, 2.05) is 6.92 Å². The van der Waals surface area contributed by atoms with Gasteiger partial charge in [-0.25, -0.2) is 4.39 Å². The second kappa shape index (κ2) is 5.82. The number of hydrogen-bond acceptors (Lipinski definition) is 3. The van der Waals surface area contributed by atoms with E-state index < -0.39 is 0 Å². The Morgan fingerprint density at radius 3 is 2.14 bits per heavy atom. The topological polar surface area (TPSA) is 43.4 Å². The van der Waals surface area contributed by atoms with E-state index >= 15 is 0 Å². The van der Waals surface area contributed by atoms with Crippen molar-refractivity contribution in [1.29, 1.82) is 0 Å². The molecule has 0 amide bonds. The van der Waals surface area contributed by atoms with Crippen molar-refractivity contribution in [3.05, 3.63) is 30.1 Å². The number of carbonyl (C=O) groups is 2. The predicted molar refractivity (Wildman–Crippen MR) is 79.8 cm³/mol. The van der Waals surface area contributed by atoms with Crippen LogP contribution in [0.4, 0.5) is 4.39 Å². The molecule has 1 aromatic rings. The molecule has 4 heteroatoms. The average molecular weight is 304 g/mol. The van der Waals surface area contributed by atoms with Gasteiger partial charge in [0.25, 0.3) is 0 Å². The van der Waals surface area contributed by atoms with Crippen molar-refractivity contribution in [3.63, 3.8) is 0 Å². The summed E-state index contributed by atoms with van der Waals surface area (Å²) in [5.74, 6) is 0.0963. The maximum absolute atomic E-state index is 12.8. The number of rotatable bonds is 4. The van der Waals surface area contributed by atoms with Gasteiger partial charge in [-0.1, -0.05) is 6.92 Å². The molecule has 0 saturated heterocycles. The van der Waals surface area contributed by atoms with Crippen LogP contribution >= 0.6 is 0 Å². The average Bonchev–Trinajstić information content (AvgIpc) is 3.28. The first-order valence-electron chi connectivity index (χ1n) is 7.99. The molecule has 0 bridgehead atoms. The van der Waals surface area contributed by atoms with Crippen molar-refractivity contribution in [2.24, 2.45) is 17.3 Å². The molecule has 2 aliphatic rings. The van der Waals surface area contributed by atoms with Crippen LogP contribution in [0.3, 0.4) is 0 Å². The minimum atomic E-state index is -0.354. The first-order valence-corrected chi connectivity index (χ1v) is 7.99. The molecular weight excluding hydrogens is 283 g/mol. The van der Waals surface area contributed by atoms with Crippen molar-refractivity contribution >= 4 is 11.8 Å². The van der Waals surface area contributed by atoms with E-state index in [1.54, 1.807) is 0 Å². The van der Waals surface area contributed by atoms with Crippen LogP contribution in [0.15, 0.2) is 24.3 Å². The van der Waals surface area contributed by atoms with E-state index in [4.69, 9.17) is 4.74 Å². The summed E-state index contributed by atoms with van der Waals surface area (Å²) in [4.78, 5) is 24.5. The molecular formula is C18H21FO3. The molecule has 0 heterocycles. The van der Waals surface area contributed by atoms with Crippen LogP contribution in [0.1, 0.15) is 45.4 Å². The molecule has 2 saturated carbocycles. The lowest BCUT2D eigenvalue weighted by Gasteiger charge is -2.28. The maximum atomic E-state index is 12.8. The Morgan fingerprint density at radius 1 is 1.05 bits per heavy atom. The van der Waals surface area contributed by atoms with Gasteiger partial charge in [-0.05, 0) is 62.8 Å². The van der Waals surface area contributed by atoms with Gasteiger partial charge in [-0.15, -0.1) is 0 Å². The summed E-state index contributed by atoms with van der Waals surface area (Å²) in [7, 11) is 0. The molecule has 118 valence electrons. The molecule has 3 rings (SSSR count). The van der Waals surface area contributed by atoms with Crippen LogP contribution < -0.4 is 4.74 Å². The molecule has 0 atom stereocenters. The Hall–Kier alpha value is -1.71. The second-order valence-electron chi connectivity index (χ2n) is 6.85. The lowest BCUT2D eigenvalue weighted by Crippen LogP contribution is -2.31. The Kier molecular flexibility index (Phi) is 4.02. The molecule has 22 heavy (non-hydrogen) atoms. The summed E-state index contributed by atoms with van der Waals surface area (Å²) in [6, 6.07) is 5.45. The molecule has 0 radical (unpaired) electrons. The Balaban J connectivity index is 1.51. The fourth-order valence-electron chi connectivity index (χ4n) is 3.22. The van der Waals surface area contributed by atoms with E-state index in [0.717, 1.165) is 25.7 Å². The molecule has 0 spiro atoms. The van der Waals surface area contributed by atoms with Crippen molar-refractivity contribution in [1.82, 2.24) is 0 Å². The molecule has 0 aromatic heterocycles. The van der Waals surface area contributed by atoms with Gasteiger partial charge in [0.15, 0.2) is 0 Å². The number of hydrogen-bond donors (Lipinski definition) is 0. The van der Waals surface area contributed by atoms with Gasteiger partial charge in [0.1, 0.15) is 17.3 Å². The van der Waals surface area contributed by atoms with Gasteiger partial charge in [-0.2, -0.15) is 0 Å². The highest BCUT2D eigenvalue weighted by Gasteiger charge is 2.48. The largest absolute Gasteiger partial charge is 0.426 e. The summed E-state index contributed by atoms with van der Waals surface area (Å²) in [5.41, 5.74) is -0.0773. The molecule has 2 fully saturated rings. The molecule has 2 aliphatic carbocycles. The van der Waals surface area contributed by atoms with Crippen molar-refractivity contribution < 1.29 is 18.7 Å². The van der Waals surface area contributed by atoms with Gasteiger partial charge in [0.2, 0.25) is 0 Å². The first-order chi connectivity index (χ1) is 10.5. The van der Waals surface area contributed by atoms with E-state index in [1.165, 1.54) is 24.3 Å². The van der Waals surface area contributed by atoms with Crippen LogP contribution in [0.2, 0.25) is 0 Å². The molecule has 0 unspecified atom stereocenters. The van der Waals surface area contributed by atoms with Crippen LogP contribution in [-0.2, 0) is 9.59 Å². The number of ether oxygens (including phenoxy) is 1. The van der Waals surface area contributed by atoms with E-state index in [-0.39, 0.29) is 29.0 Å². The van der Waals surface area contributed by atoms with Crippen LogP contribution in [0, 0.1) is 23.1 Å². The minimum Gasteiger partial charge on any atom is -0.426 e. The van der Waals surface area contributed by atoms with E-state index in [0.29, 0.717) is 24.4 Å². The zero-order valence-electron chi connectivity index (χ0n) is 12.8. The zero-order valence-corrected chi connectivity index (χ0v) is 12.8. The monoisotopic (exact) mass is 304 g/mol. The lowest BCUT2D eigenvalue weighted by molar-refractivity contribution is -0.141. The molecule has 0 aliphatic heterocycles. The fraction of sp³-hybridized carbons (Fsp3) is 0.556. The maximum Gasteiger partial charge on any atom is 0.314 e. The van der Waals surface area contributed by atoms with Gasteiger partial charge in [0, 0.05) is 11.3 Å². The summed E-state index contributed by atoms with van der Waals surface area (Å²) < 4.78 is 18.1. The summed E-state index contributed by atoms with van der Waals surface area (Å²) in [5, 5.41) is 0. The summed E-state index contributed by atoms with van der Waals surface area (Å²) in [6.07, 6.45) is 4.98. The standard InChI is InChI=1S/C18H21FO3/c1-18(10-11-18)16(20)12-2-4-13(5-3-12)17(21)22-15-8-6-14(19)7-9-15/h6-9,12-13H,2-5,10-11H2,1H3. The normalized spacial score (nSPS) is 26.3. The van der Waals surface area contributed by atoms with Crippen molar-refractivity contribution in [2.45, 2.75) is 45.4 Å². The second-order valence-corrected chi connectivity index (χ2v) is 6.85. The quantitative estimate of drug-likeness (QED) is 0.626. The Morgan fingerprint density at radius 2 is 1.59 bits per heavy atom. The predicted octanol–water partition coefficient (Wildman–Crippen LogP) is 3.91. The molecule has 3 nitrogen and oxygen atoms in total. The van der Waals surface area contributed by atoms with E-state index in [2.05, 4.69) is 0 Å². The number of Topliss-reactive ketones (excluding diaryl/α,β-unsaturated/α-hetero) is 1. The molecule has 0 N–H and O–H groups in total. The zero-order chi connectivity index (χ0) is 15.7. The van der Waals surface area contributed by atoms with Gasteiger partial charge in [-0.3, -0.25) is 9.59 Å². The summed E-state index contributed by atoms with van der Waals surface area (Å²) in [6.45, 7) is 2.05. The Labute approximate surface area is 129 Å². The number of halogens is 1. The smallest absolute Gasteiger partial charge is 0.314 e. The number of benzene rings is 1.